The Morgan fingerprint density at radius 1 is 0.508 bits per heavy atom. The van der Waals surface area contributed by atoms with Crippen molar-refractivity contribution in [1.29, 1.82) is 0 Å². The third-order valence-corrected chi connectivity index (χ3v) is 11.6. The van der Waals surface area contributed by atoms with E-state index in [-0.39, 0.29) is 25.6 Å². The van der Waals surface area contributed by atoms with Crippen LogP contribution in [0.3, 0.4) is 0 Å². The summed E-state index contributed by atoms with van der Waals surface area (Å²) in [6.07, 6.45) is 60.1. The predicted molar refractivity (Wildman–Crippen MR) is 265 cm³/mol. The third-order valence-electron chi connectivity index (χ3n) is 10.7. The van der Waals surface area contributed by atoms with Crippen LogP contribution in [0.15, 0.2) is 72.9 Å². The first-order chi connectivity index (χ1) is 30.8. The average Bonchev–Trinajstić information content (AvgIpc) is 3.28. The van der Waals surface area contributed by atoms with Crippen LogP contribution in [0.5, 0.6) is 0 Å². The van der Waals surface area contributed by atoms with Crippen molar-refractivity contribution < 1.29 is 43.0 Å². The molecule has 10 heteroatoms. The summed E-state index contributed by atoms with van der Waals surface area (Å²) in [6.45, 7) is 3.38. The van der Waals surface area contributed by atoms with Crippen molar-refractivity contribution in [2.75, 3.05) is 33.0 Å². The molecule has 0 rings (SSSR count). The molecule has 0 radical (unpaired) electrons. The lowest BCUT2D eigenvalue weighted by Crippen LogP contribution is -2.29. The molecule has 0 aliphatic carbocycles. The summed E-state index contributed by atoms with van der Waals surface area (Å²) in [5, 5.41) is 18.4. The van der Waals surface area contributed by atoms with Crippen molar-refractivity contribution in [1.82, 2.24) is 0 Å². The van der Waals surface area contributed by atoms with Crippen molar-refractivity contribution in [3.8, 4) is 0 Å². The molecule has 0 aliphatic heterocycles. The SMILES string of the molecule is CC/C=C\C/C=C\C/C=C\C/C=C\C/C=C\C/C=C\CCCCCCCOCC(COP(=O)(O)OCC(O)CO)OC(=O)CCCCCCCCCCCCCCCCCCCC. The van der Waals surface area contributed by atoms with Crippen LogP contribution in [-0.4, -0.2) is 66.3 Å². The number of aliphatic hydroxyl groups excluding tert-OH is 2. The zero-order chi connectivity index (χ0) is 46.0. The summed E-state index contributed by atoms with van der Waals surface area (Å²) >= 11 is 0. The monoisotopic (exact) mass is 907 g/mol. The van der Waals surface area contributed by atoms with Gasteiger partial charge in [-0.2, -0.15) is 0 Å². The van der Waals surface area contributed by atoms with Gasteiger partial charge in [0.25, 0.3) is 0 Å². The molecule has 0 spiro atoms. The van der Waals surface area contributed by atoms with Crippen molar-refractivity contribution in [2.45, 2.75) is 225 Å². The number of carbonyl (C=O) groups is 1. The number of allylic oxidation sites excluding steroid dienone is 12. The second kappa shape index (κ2) is 49.3. The Kier molecular flexibility index (Phi) is 47.7. The van der Waals surface area contributed by atoms with Crippen molar-refractivity contribution >= 4 is 13.8 Å². The molecule has 0 aromatic carbocycles. The Balaban J connectivity index is 4.14. The topological polar surface area (TPSA) is 132 Å². The summed E-state index contributed by atoms with van der Waals surface area (Å²) < 4.78 is 33.5. The van der Waals surface area contributed by atoms with E-state index < -0.39 is 33.2 Å². The Morgan fingerprint density at radius 3 is 1.37 bits per heavy atom. The van der Waals surface area contributed by atoms with E-state index in [1.807, 2.05) is 0 Å². The molecular weight excluding hydrogens is 812 g/mol. The van der Waals surface area contributed by atoms with E-state index in [0.29, 0.717) is 6.61 Å². The van der Waals surface area contributed by atoms with E-state index in [0.717, 1.165) is 96.3 Å². The lowest BCUT2D eigenvalue weighted by atomic mass is 10.0. The van der Waals surface area contributed by atoms with Gasteiger partial charge in [0.05, 0.1) is 26.4 Å². The first-order valence-electron chi connectivity index (χ1n) is 25.4. The fourth-order valence-corrected chi connectivity index (χ4v) is 7.62. The van der Waals surface area contributed by atoms with Gasteiger partial charge in [0.2, 0.25) is 0 Å². The molecule has 0 bridgehead atoms. The Bertz CT molecular complexity index is 1210. The Hall–Kier alpha value is -2.10. The zero-order valence-electron chi connectivity index (χ0n) is 40.3. The zero-order valence-corrected chi connectivity index (χ0v) is 41.2. The highest BCUT2D eigenvalue weighted by Crippen LogP contribution is 2.43. The molecule has 0 fully saturated rings. The van der Waals surface area contributed by atoms with Crippen LogP contribution in [0.25, 0.3) is 0 Å². The van der Waals surface area contributed by atoms with Gasteiger partial charge in [0.1, 0.15) is 12.2 Å². The number of esters is 1. The summed E-state index contributed by atoms with van der Waals surface area (Å²) in [5.74, 6) is -0.389. The number of ether oxygens (including phenoxy) is 2. The third kappa shape index (κ3) is 49.2. The van der Waals surface area contributed by atoms with E-state index >= 15 is 0 Å². The number of phosphoric acid groups is 1. The molecule has 3 unspecified atom stereocenters. The van der Waals surface area contributed by atoms with Crippen molar-refractivity contribution in [2.24, 2.45) is 0 Å². The van der Waals surface area contributed by atoms with Gasteiger partial charge < -0.3 is 24.6 Å². The van der Waals surface area contributed by atoms with Crippen LogP contribution in [-0.2, 0) is 27.9 Å². The van der Waals surface area contributed by atoms with E-state index in [1.54, 1.807) is 0 Å². The first-order valence-corrected chi connectivity index (χ1v) is 26.9. The van der Waals surface area contributed by atoms with Gasteiger partial charge in [-0.1, -0.05) is 215 Å². The molecule has 63 heavy (non-hydrogen) atoms. The molecule has 9 nitrogen and oxygen atoms in total. The molecular formula is C53H95O9P. The molecule has 3 atom stereocenters. The first kappa shape index (κ1) is 60.9. The number of phosphoric ester groups is 1. The van der Waals surface area contributed by atoms with Gasteiger partial charge in [-0.05, 0) is 64.2 Å². The average molecular weight is 907 g/mol. The smallest absolute Gasteiger partial charge is 0.457 e. The fraction of sp³-hybridized carbons (Fsp3) is 0.755. The Labute approximate surface area is 386 Å². The van der Waals surface area contributed by atoms with Gasteiger partial charge in [0.15, 0.2) is 0 Å². The van der Waals surface area contributed by atoms with Crippen LogP contribution in [0, 0.1) is 0 Å². The van der Waals surface area contributed by atoms with Crippen LogP contribution in [0.4, 0.5) is 0 Å². The van der Waals surface area contributed by atoms with Crippen LogP contribution in [0.1, 0.15) is 213 Å². The van der Waals surface area contributed by atoms with Gasteiger partial charge in [-0.25, -0.2) is 4.57 Å². The second-order valence-corrected chi connectivity index (χ2v) is 18.3. The largest absolute Gasteiger partial charge is 0.472 e. The minimum atomic E-state index is -4.53. The number of rotatable bonds is 48. The minimum absolute atomic E-state index is 0.0345. The molecule has 0 saturated carbocycles. The molecule has 0 amide bonds. The van der Waals surface area contributed by atoms with Crippen LogP contribution < -0.4 is 0 Å². The maximum atomic E-state index is 12.7. The number of carbonyl (C=O) groups excluding carboxylic acids is 1. The fourth-order valence-electron chi connectivity index (χ4n) is 6.83. The Morgan fingerprint density at radius 2 is 0.905 bits per heavy atom. The lowest BCUT2D eigenvalue weighted by molar-refractivity contribution is -0.154. The normalized spacial score (nSPS) is 14.4. The highest BCUT2D eigenvalue weighted by molar-refractivity contribution is 7.47. The molecule has 0 aromatic rings. The van der Waals surface area contributed by atoms with E-state index in [4.69, 9.17) is 23.6 Å². The van der Waals surface area contributed by atoms with Gasteiger partial charge in [0, 0.05) is 13.0 Å². The molecule has 0 aromatic heterocycles. The minimum Gasteiger partial charge on any atom is -0.457 e. The van der Waals surface area contributed by atoms with Gasteiger partial charge >= 0.3 is 13.8 Å². The number of hydrogen-bond donors (Lipinski definition) is 3. The predicted octanol–water partition coefficient (Wildman–Crippen LogP) is 14.9. The maximum Gasteiger partial charge on any atom is 0.472 e. The van der Waals surface area contributed by atoms with Crippen LogP contribution in [0.2, 0.25) is 0 Å². The van der Waals surface area contributed by atoms with E-state index in [9.17, 15) is 19.4 Å². The number of hydrogen-bond acceptors (Lipinski definition) is 8. The van der Waals surface area contributed by atoms with Crippen molar-refractivity contribution in [3.05, 3.63) is 72.9 Å². The van der Waals surface area contributed by atoms with E-state index in [2.05, 4.69) is 86.8 Å². The summed E-state index contributed by atoms with van der Waals surface area (Å²) in [4.78, 5) is 22.7. The maximum absolute atomic E-state index is 12.7. The van der Waals surface area contributed by atoms with E-state index in [1.165, 1.54) is 96.3 Å². The number of unbranched alkanes of at least 4 members (excludes halogenated alkanes) is 22. The number of aliphatic hydroxyl groups is 2. The summed E-state index contributed by atoms with van der Waals surface area (Å²) in [7, 11) is -4.53. The van der Waals surface area contributed by atoms with Crippen molar-refractivity contribution in [3.63, 3.8) is 0 Å². The molecule has 0 saturated heterocycles. The standard InChI is InChI=1S/C53H95O9P/c1-3-5-7-9-11-13-15-17-19-21-23-24-25-26-27-28-30-32-34-36-38-40-42-44-46-59-49-52(50-61-63(57,58)60-48-51(55)47-54)62-53(56)45-43-41-39-37-35-33-31-29-22-20-18-16-14-12-10-8-6-4-2/h5,7,11,13,17,19,23-24,26-27,30,32,51-52,54-55H,3-4,6,8-10,12,14-16,18,20-22,25,28-29,31,33-50H2,1-2H3,(H,57,58)/b7-5-,13-11-,19-17-,24-23-,27-26-,32-30-. The molecule has 0 heterocycles. The molecule has 366 valence electrons. The quantitative estimate of drug-likeness (QED) is 0.0236. The molecule has 0 aliphatic rings. The van der Waals surface area contributed by atoms with Gasteiger partial charge in [-0.3, -0.25) is 13.8 Å². The summed E-state index contributed by atoms with van der Waals surface area (Å²) in [5.41, 5.74) is 0. The highest BCUT2D eigenvalue weighted by atomic mass is 31.2. The lowest BCUT2D eigenvalue weighted by Gasteiger charge is -2.20. The highest BCUT2D eigenvalue weighted by Gasteiger charge is 2.26. The molecule has 3 N–H and O–H groups in total. The van der Waals surface area contributed by atoms with Gasteiger partial charge in [-0.15, -0.1) is 0 Å². The second-order valence-electron chi connectivity index (χ2n) is 16.8. The summed E-state index contributed by atoms with van der Waals surface area (Å²) in [6, 6.07) is 0. The van der Waals surface area contributed by atoms with Crippen LogP contribution >= 0.6 is 7.82 Å².